The molecule has 2 aromatic carbocycles. The summed E-state index contributed by atoms with van der Waals surface area (Å²) in [4.78, 5) is 32.2. The van der Waals surface area contributed by atoms with Gasteiger partial charge in [-0.2, -0.15) is 0 Å². The van der Waals surface area contributed by atoms with Gasteiger partial charge in [-0.25, -0.2) is 0 Å². The van der Waals surface area contributed by atoms with E-state index in [1.165, 1.54) is 17.5 Å². The van der Waals surface area contributed by atoms with E-state index >= 15 is 0 Å². The van der Waals surface area contributed by atoms with Gasteiger partial charge in [0.25, 0.3) is 11.8 Å². The lowest BCUT2D eigenvalue weighted by atomic mass is 9.97. The molecule has 0 unspecified atom stereocenters. The molecule has 0 spiro atoms. The smallest absolute Gasteiger partial charge is 0.260 e. The Balaban J connectivity index is 1.27. The van der Waals surface area contributed by atoms with Crippen molar-refractivity contribution in [1.82, 2.24) is 14.7 Å². The van der Waals surface area contributed by atoms with Crippen LogP contribution in [0.3, 0.4) is 0 Å². The van der Waals surface area contributed by atoms with E-state index in [1.807, 2.05) is 21.9 Å². The van der Waals surface area contributed by atoms with Crippen LogP contribution in [0.4, 0.5) is 0 Å². The van der Waals surface area contributed by atoms with Crippen LogP contribution < -0.4 is 4.74 Å². The van der Waals surface area contributed by atoms with Crippen molar-refractivity contribution in [3.8, 4) is 5.75 Å². The van der Waals surface area contributed by atoms with E-state index in [4.69, 9.17) is 4.74 Å². The van der Waals surface area contributed by atoms with Crippen LogP contribution in [0.1, 0.15) is 61.0 Å². The third-order valence-corrected chi connectivity index (χ3v) is 7.35. The van der Waals surface area contributed by atoms with Crippen molar-refractivity contribution >= 4 is 11.8 Å². The Morgan fingerprint density at radius 1 is 0.857 bits per heavy atom. The van der Waals surface area contributed by atoms with Crippen LogP contribution in [0.2, 0.25) is 0 Å². The molecule has 4 rings (SSSR count). The molecule has 2 atom stereocenters. The zero-order valence-corrected chi connectivity index (χ0v) is 21.4. The normalized spacial score (nSPS) is 21.5. The number of carbonyl (C=O) groups excluding carboxylic acids is 2. The predicted molar refractivity (Wildman–Crippen MR) is 139 cm³/mol. The number of carbonyl (C=O) groups is 2. The summed E-state index contributed by atoms with van der Waals surface area (Å²) in [5.74, 6) is 0.706. The summed E-state index contributed by atoms with van der Waals surface area (Å²) in [5.41, 5.74) is 3.25. The lowest BCUT2D eigenvalue weighted by Crippen LogP contribution is -2.49. The average molecular weight is 478 g/mol. The van der Waals surface area contributed by atoms with E-state index < -0.39 is 0 Å². The minimum Gasteiger partial charge on any atom is -0.484 e. The number of nitrogens with zero attached hydrogens (tertiary/aromatic N) is 3. The van der Waals surface area contributed by atoms with Crippen LogP contribution in [0.15, 0.2) is 48.5 Å². The number of ether oxygens (including phenoxy) is 1. The largest absolute Gasteiger partial charge is 0.484 e. The fraction of sp³-hybridized carbons (Fsp3) is 0.517. The van der Waals surface area contributed by atoms with Crippen LogP contribution in [0, 0.1) is 6.92 Å². The molecule has 0 radical (unpaired) electrons. The van der Waals surface area contributed by atoms with Crippen molar-refractivity contribution in [2.75, 3.05) is 32.8 Å². The van der Waals surface area contributed by atoms with Gasteiger partial charge in [-0.1, -0.05) is 29.8 Å². The number of amides is 2. The van der Waals surface area contributed by atoms with Crippen LogP contribution in [0.25, 0.3) is 0 Å². The third kappa shape index (κ3) is 6.63. The summed E-state index contributed by atoms with van der Waals surface area (Å²) in [5, 5.41) is 0. The first-order chi connectivity index (χ1) is 16.9. The van der Waals surface area contributed by atoms with Gasteiger partial charge in [-0.15, -0.1) is 0 Å². The number of likely N-dealkylation sites (tertiary alicyclic amines) is 1. The molecule has 35 heavy (non-hydrogen) atoms. The zero-order valence-electron chi connectivity index (χ0n) is 21.4. The van der Waals surface area contributed by atoms with Crippen molar-refractivity contribution in [3.63, 3.8) is 0 Å². The van der Waals surface area contributed by atoms with Gasteiger partial charge in [0.1, 0.15) is 5.75 Å². The molecule has 2 amide bonds. The zero-order chi connectivity index (χ0) is 24.8. The van der Waals surface area contributed by atoms with Crippen molar-refractivity contribution in [2.24, 2.45) is 0 Å². The van der Waals surface area contributed by atoms with Gasteiger partial charge in [0.15, 0.2) is 6.61 Å². The first kappa shape index (κ1) is 25.2. The van der Waals surface area contributed by atoms with Gasteiger partial charge in [0.05, 0.1) is 0 Å². The fourth-order valence-corrected chi connectivity index (χ4v) is 5.29. The van der Waals surface area contributed by atoms with E-state index in [0.29, 0.717) is 11.3 Å². The molecular weight excluding hydrogens is 438 g/mol. The molecule has 0 aromatic heterocycles. The Morgan fingerprint density at radius 3 is 2.23 bits per heavy atom. The standard InChI is InChI=1S/C29H39N3O3/c1-22-8-10-25(11-9-22)20-30-16-5-17-31(19-18-30)29(34)26-12-14-27(15-13-26)35-21-28(33)32-23(2)6-4-7-24(32)3/h8-15,23-24H,4-7,16-21H2,1-3H3/t23-,24+. The number of piperidine rings is 1. The fourth-order valence-electron chi connectivity index (χ4n) is 5.29. The highest BCUT2D eigenvalue weighted by Gasteiger charge is 2.29. The summed E-state index contributed by atoms with van der Waals surface area (Å²) in [6, 6.07) is 16.4. The molecule has 2 heterocycles. The molecule has 0 aliphatic carbocycles. The minimum absolute atomic E-state index is 0.0320. The second-order valence-electron chi connectivity index (χ2n) is 10.2. The van der Waals surface area contributed by atoms with Gasteiger partial charge < -0.3 is 14.5 Å². The van der Waals surface area contributed by atoms with Gasteiger partial charge in [-0.05, 0) is 76.3 Å². The number of hydrogen-bond donors (Lipinski definition) is 0. The minimum atomic E-state index is 0.0320. The Labute approximate surface area is 209 Å². The van der Waals surface area contributed by atoms with Crippen molar-refractivity contribution < 1.29 is 14.3 Å². The van der Waals surface area contributed by atoms with Crippen molar-refractivity contribution in [1.29, 1.82) is 0 Å². The van der Waals surface area contributed by atoms with E-state index in [2.05, 4.69) is 49.9 Å². The molecule has 0 N–H and O–H groups in total. The molecule has 2 aliphatic rings. The maximum absolute atomic E-state index is 13.1. The first-order valence-electron chi connectivity index (χ1n) is 13.0. The Bertz CT molecular complexity index is 979. The van der Waals surface area contributed by atoms with E-state index in [-0.39, 0.29) is 30.5 Å². The molecule has 2 saturated heterocycles. The van der Waals surface area contributed by atoms with Crippen molar-refractivity contribution in [3.05, 3.63) is 65.2 Å². The van der Waals surface area contributed by atoms with E-state index in [9.17, 15) is 9.59 Å². The second kappa shape index (κ2) is 11.7. The quantitative estimate of drug-likeness (QED) is 0.614. The Hall–Kier alpha value is -2.86. The molecule has 2 aliphatic heterocycles. The summed E-state index contributed by atoms with van der Waals surface area (Å²) in [6.45, 7) is 10.6. The molecular formula is C29H39N3O3. The highest BCUT2D eigenvalue weighted by molar-refractivity contribution is 5.94. The Morgan fingerprint density at radius 2 is 1.54 bits per heavy atom. The molecule has 6 heteroatoms. The lowest BCUT2D eigenvalue weighted by molar-refractivity contribution is -0.139. The van der Waals surface area contributed by atoms with Crippen LogP contribution >= 0.6 is 0 Å². The molecule has 2 fully saturated rings. The summed E-state index contributed by atoms with van der Waals surface area (Å²) in [6.07, 6.45) is 4.23. The van der Waals surface area contributed by atoms with Gasteiger partial charge in [0.2, 0.25) is 0 Å². The molecule has 0 bridgehead atoms. The molecule has 0 saturated carbocycles. The van der Waals surface area contributed by atoms with E-state index in [0.717, 1.165) is 52.0 Å². The lowest BCUT2D eigenvalue weighted by Gasteiger charge is -2.38. The van der Waals surface area contributed by atoms with Gasteiger partial charge >= 0.3 is 0 Å². The van der Waals surface area contributed by atoms with Crippen LogP contribution in [-0.4, -0.2) is 71.4 Å². The summed E-state index contributed by atoms with van der Waals surface area (Å²) >= 11 is 0. The maximum Gasteiger partial charge on any atom is 0.260 e. The number of aryl methyl sites for hydroxylation is 1. The maximum atomic E-state index is 13.1. The third-order valence-electron chi connectivity index (χ3n) is 7.35. The molecule has 2 aromatic rings. The summed E-state index contributed by atoms with van der Waals surface area (Å²) < 4.78 is 5.77. The van der Waals surface area contributed by atoms with Crippen molar-refractivity contribution in [2.45, 2.75) is 65.1 Å². The monoisotopic (exact) mass is 477 g/mol. The molecule has 6 nitrogen and oxygen atoms in total. The highest BCUT2D eigenvalue weighted by Crippen LogP contribution is 2.23. The van der Waals surface area contributed by atoms with Crippen LogP contribution in [-0.2, 0) is 11.3 Å². The topological polar surface area (TPSA) is 53.1 Å². The van der Waals surface area contributed by atoms with E-state index in [1.54, 1.807) is 12.1 Å². The number of hydrogen-bond acceptors (Lipinski definition) is 4. The average Bonchev–Trinajstić information content (AvgIpc) is 3.09. The first-order valence-corrected chi connectivity index (χ1v) is 13.0. The van der Waals surface area contributed by atoms with Gasteiger partial charge in [0, 0.05) is 50.4 Å². The number of benzene rings is 2. The summed E-state index contributed by atoms with van der Waals surface area (Å²) in [7, 11) is 0. The van der Waals surface area contributed by atoms with Crippen LogP contribution in [0.5, 0.6) is 5.75 Å². The SMILES string of the molecule is Cc1ccc(CN2CCCN(C(=O)c3ccc(OCC(=O)N4[C@H](C)CCC[C@@H]4C)cc3)CC2)cc1. The molecule has 188 valence electrons. The van der Waals surface area contributed by atoms with Gasteiger partial charge in [-0.3, -0.25) is 14.5 Å². The highest BCUT2D eigenvalue weighted by atomic mass is 16.5. The Kier molecular flexibility index (Phi) is 8.45. The second-order valence-corrected chi connectivity index (χ2v) is 10.2. The predicted octanol–water partition coefficient (Wildman–Crippen LogP) is 4.51. The number of rotatable bonds is 6.